The molecule has 3 aromatic rings. The highest BCUT2D eigenvalue weighted by Crippen LogP contribution is 2.47. The summed E-state index contributed by atoms with van der Waals surface area (Å²) in [5.74, 6) is -3.16. The van der Waals surface area contributed by atoms with Gasteiger partial charge in [0.1, 0.15) is 30.2 Å². The van der Waals surface area contributed by atoms with Gasteiger partial charge in [0.15, 0.2) is 12.1 Å². The number of ether oxygens (including phenoxy) is 4. The lowest BCUT2D eigenvalue weighted by Crippen LogP contribution is -2.74. The molecule has 4 aliphatic heterocycles. The molecule has 346 valence electrons. The van der Waals surface area contributed by atoms with Crippen LogP contribution in [0.3, 0.4) is 0 Å². The Balaban J connectivity index is 1.29. The maximum atomic E-state index is 15.1. The van der Waals surface area contributed by atoms with Crippen molar-refractivity contribution in [2.45, 2.75) is 81.4 Å². The van der Waals surface area contributed by atoms with Crippen molar-refractivity contribution in [2.24, 2.45) is 0 Å². The molecule has 16 heteroatoms. The molecule has 66 heavy (non-hydrogen) atoms. The molecule has 4 aliphatic rings. The average molecular weight is 918 g/mol. The van der Waals surface area contributed by atoms with Gasteiger partial charge in [-0.15, -0.1) is 11.8 Å². The second-order valence-corrected chi connectivity index (χ2v) is 18.1. The molecule has 2 unspecified atom stereocenters. The highest BCUT2D eigenvalue weighted by atomic mass is 32.2. The van der Waals surface area contributed by atoms with Gasteiger partial charge in [0, 0.05) is 36.7 Å². The Morgan fingerprint density at radius 1 is 0.894 bits per heavy atom. The number of nitrogens with one attached hydrogen (secondary N) is 3. The molecule has 4 heterocycles. The van der Waals surface area contributed by atoms with Crippen LogP contribution in [-0.4, -0.2) is 108 Å². The molecule has 7 rings (SSSR count). The van der Waals surface area contributed by atoms with Crippen molar-refractivity contribution in [1.29, 1.82) is 0 Å². The summed E-state index contributed by atoms with van der Waals surface area (Å²) in [6.45, 7) is 13.9. The van der Waals surface area contributed by atoms with Crippen LogP contribution in [0.5, 0.6) is 0 Å². The lowest BCUT2D eigenvalue weighted by Gasteiger charge is -2.51. The zero-order valence-electron chi connectivity index (χ0n) is 37.2. The van der Waals surface area contributed by atoms with Crippen molar-refractivity contribution in [2.75, 3.05) is 32.8 Å². The predicted octanol–water partition coefficient (Wildman–Crippen LogP) is 5.56. The van der Waals surface area contributed by atoms with E-state index < -0.39 is 71.0 Å². The van der Waals surface area contributed by atoms with E-state index in [0.29, 0.717) is 37.2 Å². The first kappa shape index (κ1) is 47.5. The van der Waals surface area contributed by atoms with Gasteiger partial charge in [0.05, 0.1) is 18.2 Å². The van der Waals surface area contributed by atoms with E-state index >= 15 is 9.59 Å². The quantitative estimate of drug-likeness (QED) is 0.0504. The zero-order chi connectivity index (χ0) is 47.0. The van der Waals surface area contributed by atoms with E-state index in [1.807, 2.05) is 84.9 Å². The molecule has 0 aliphatic carbocycles. The van der Waals surface area contributed by atoms with Crippen LogP contribution in [0.25, 0.3) is 0 Å². The van der Waals surface area contributed by atoms with Gasteiger partial charge in [-0.3, -0.25) is 14.4 Å². The van der Waals surface area contributed by atoms with Gasteiger partial charge in [0.25, 0.3) is 5.91 Å². The zero-order valence-corrected chi connectivity index (χ0v) is 38.1. The van der Waals surface area contributed by atoms with Crippen LogP contribution in [0.4, 0.5) is 4.79 Å². The minimum Gasteiger partial charge on any atom is -0.461 e. The topological polar surface area (TPSA) is 182 Å². The summed E-state index contributed by atoms with van der Waals surface area (Å²) in [6, 6.07) is 22.6. The second-order valence-electron chi connectivity index (χ2n) is 17.1. The maximum absolute atomic E-state index is 15.1. The summed E-state index contributed by atoms with van der Waals surface area (Å²) < 4.78 is 22.6. The highest BCUT2D eigenvalue weighted by Gasteiger charge is 2.58. The van der Waals surface area contributed by atoms with Gasteiger partial charge in [-0.2, -0.15) is 0 Å². The number of hydrogen-bond donors (Lipinski definition) is 3. The van der Waals surface area contributed by atoms with Crippen LogP contribution >= 0.6 is 11.8 Å². The first-order chi connectivity index (χ1) is 31.8. The number of carbonyl (C=O) groups excluding carboxylic acids is 6. The van der Waals surface area contributed by atoms with E-state index in [9.17, 15) is 19.2 Å². The maximum Gasteiger partial charge on any atom is 0.408 e. The summed E-state index contributed by atoms with van der Waals surface area (Å²) in [6.07, 6.45) is 1.91. The smallest absolute Gasteiger partial charge is 0.408 e. The minimum absolute atomic E-state index is 0.0145. The van der Waals surface area contributed by atoms with E-state index in [-0.39, 0.29) is 48.9 Å². The van der Waals surface area contributed by atoms with Gasteiger partial charge in [-0.25, -0.2) is 14.4 Å². The normalized spacial score (nSPS) is 22.1. The number of fused-ring (bicyclic) bond motifs is 1. The Labute approximate surface area is 388 Å². The Morgan fingerprint density at radius 2 is 1.55 bits per heavy atom. The lowest BCUT2D eigenvalue weighted by atomic mass is 9.89. The Hall–Kier alpha value is -6.49. The Morgan fingerprint density at radius 3 is 2.15 bits per heavy atom. The van der Waals surface area contributed by atoms with Crippen LogP contribution in [0.2, 0.25) is 0 Å². The van der Waals surface area contributed by atoms with Crippen molar-refractivity contribution in [1.82, 2.24) is 25.8 Å². The Bertz CT molecular complexity index is 2340. The van der Waals surface area contributed by atoms with Crippen molar-refractivity contribution in [3.05, 3.63) is 155 Å². The summed E-state index contributed by atoms with van der Waals surface area (Å²) >= 11 is 1.12. The number of rotatable bonds is 17. The number of alkyl carbamates (subject to hydrolysis) is 1. The largest absolute Gasteiger partial charge is 0.461 e. The number of thioether (sulfide) groups is 1. The van der Waals surface area contributed by atoms with Crippen LogP contribution in [0, 0.1) is 0 Å². The summed E-state index contributed by atoms with van der Waals surface area (Å²) in [5.41, 5.74) is 2.20. The minimum atomic E-state index is -1.54. The fourth-order valence-corrected chi connectivity index (χ4v) is 9.71. The number of amides is 3. The number of esters is 3. The fraction of sp³-hybridized carbons (Fsp3) is 0.360. The fourth-order valence-electron chi connectivity index (χ4n) is 8.48. The van der Waals surface area contributed by atoms with Gasteiger partial charge < -0.3 is 44.7 Å². The van der Waals surface area contributed by atoms with Gasteiger partial charge >= 0.3 is 24.0 Å². The van der Waals surface area contributed by atoms with Crippen LogP contribution in [0.1, 0.15) is 68.0 Å². The molecule has 3 fully saturated rings. The molecule has 0 spiro atoms. The van der Waals surface area contributed by atoms with Gasteiger partial charge in [-0.1, -0.05) is 110 Å². The van der Waals surface area contributed by atoms with Crippen LogP contribution in [0.15, 0.2) is 132 Å². The molecule has 0 aromatic heterocycles. The number of β-lactam (4-membered cyclic amide) rings is 1. The molecule has 15 nitrogen and oxygen atoms in total. The summed E-state index contributed by atoms with van der Waals surface area (Å²) in [7, 11) is 0. The molecule has 3 saturated heterocycles. The van der Waals surface area contributed by atoms with Crippen LogP contribution < -0.4 is 16.0 Å². The van der Waals surface area contributed by atoms with Crippen molar-refractivity contribution < 1.29 is 47.7 Å². The van der Waals surface area contributed by atoms with Crippen LogP contribution in [-0.2, 0) is 49.5 Å². The summed E-state index contributed by atoms with van der Waals surface area (Å²) in [4.78, 5) is 87.1. The van der Waals surface area contributed by atoms with Gasteiger partial charge in [-0.05, 0) is 61.4 Å². The van der Waals surface area contributed by atoms with E-state index in [1.54, 1.807) is 31.1 Å². The summed E-state index contributed by atoms with van der Waals surface area (Å²) in [5, 5.41) is 9.88. The van der Waals surface area contributed by atoms with E-state index in [0.717, 1.165) is 22.9 Å². The molecule has 0 saturated carbocycles. The molecule has 5 atom stereocenters. The SMILES string of the molecule is C=CCOC(=O)CNCc1ccc([C@H]2C/C(=C(\C(=O)OCC=C)C3=CSC4[C@H](NC(=O)OC(C)(C)C)C(=O)N4C3C(=O)OC(c3ccccc3)c3ccccc3)C(=O)N2[C@H]2CCNC2)cc1. The van der Waals surface area contributed by atoms with E-state index in [2.05, 4.69) is 29.1 Å². The first-order valence-electron chi connectivity index (χ1n) is 21.9. The third-order valence-corrected chi connectivity index (χ3v) is 12.6. The first-order valence-corrected chi connectivity index (χ1v) is 22.8. The number of nitrogens with zero attached hydrogens (tertiary/aromatic N) is 2. The number of carbonyl (C=O) groups is 6. The van der Waals surface area contributed by atoms with Crippen molar-refractivity contribution in [3.8, 4) is 0 Å². The number of hydrogen-bond acceptors (Lipinski definition) is 13. The monoisotopic (exact) mass is 917 g/mol. The number of benzene rings is 3. The number of likely N-dealkylation sites (tertiary alicyclic amines) is 1. The molecule has 3 amide bonds. The Kier molecular flexibility index (Phi) is 15.3. The van der Waals surface area contributed by atoms with Crippen molar-refractivity contribution >= 4 is 47.6 Å². The van der Waals surface area contributed by atoms with E-state index in [4.69, 9.17) is 18.9 Å². The molecule has 0 bridgehead atoms. The third-order valence-electron chi connectivity index (χ3n) is 11.4. The van der Waals surface area contributed by atoms with Crippen molar-refractivity contribution in [3.63, 3.8) is 0 Å². The van der Waals surface area contributed by atoms with Gasteiger partial charge in [0.2, 0.25) is 5.91 Å². The predicted molar refractivity (Wildman–Crippen MR) is 247 cm³/mol. The third kappa shape index (κ3) is 10.8. The molecule has 3 N–H and O–H groups in total. The molecule has 0 radical (unpaired) electrons. The highest BCUT2D eigenvalue weighted by molar-refractivity contribution is 8.03. The average Bonchev–Trinajstić information content (AvgIpc) is 3.96. The molecular weight excluding hydrogens is 863 g/mol. The lowest BCUT2D eigenvalue weighted by molar-refractivity contribution is -0.164. The molecular formula is C50H55N5O10S. The molecule has 3 aromatic carbocycles. The van der Waals surface area contributed by atoms with E-state index in [1.165, 1.54) is 17.1 Å². The standard InChI is InChI=1S/C50H55N5O10S/c1-6-24-62-39(56)29-52-27-31-18-20-32(21-19-31)38-26-36(44(57)54(38)35-22-23-51-28-35)40(47(59)63-25-7-2)37-30-66-46-41(53-49(61)65-50(3,4)5)45(58)55(46)42(37)48(60)64-43(33-14-10-8-11-15-33)34-16-12-9-13-17-34/h6-21,30,35,38,41-43,46,51-52H,1-2,22-29H2,3-5H3,(H,53,61)/b40-36+/t35-,38+,41+,42?,46?/m0/s1. The second kappa shape index (κ2) is 21.2.